The van der Waals surface area contributed by atoms with Gasteiger partial charge in [-0.3, -0.25) is 5.10 Å². The zero-order valence-electron chi connectivity index (χ0n) is 9.05. The number of aromatic nitrogens is 4. The number of hydrogen-bond acceptors (Lipinski definition) is 4. The number of hydrogen-bond donors (Lipinski definition) is 1. The number of fused-ring (bicyclic) bond motifs is 1. The van der Waals surface area contributed by atoms with Gasteiger partial charge in [-0.15, -0.1) is 0 Å². The molecule has 0 aliphatic carbocycles. The predicted molar refractivity (Wildman–Crippen MR) is 61.8 cm³/mol. The lowest BCUT2D eigenvalue weighted by Gasteiger charge is -1.97. The molecular formula is C12H6FN5. The Morgan fingerprint density at radius 3 is 2.72 bits per heavy atom. The second kappa shape index (κ2) is 3.89. The molecule has 18 heavy (non-hydrogen) atoms. The van der Waals surface area contributed by atoms with E-state index in [1.165, 1.54) is 18.3 Å². The normalized spacial score (nSPS) is 10.4. The summed E-state index contributed by atoms with van der Waals surface area (Å²) in [4.78, 5) is 7.89. The van der Waals surface area contributed by atoms with Gasteiger partial charge in [-0.1, -0.05) is 0 Å². The highest BCUT2D eigenvalue weighted by atomic mass is 19.1. The molecule has 3 rings (SSSR count). The van der Waals surface area contributed by atoms with Gasteiger partial charge in [0, 0.05) is 11.8 Å². The Labute approximate surface area is 101 Å². The first kappa shape index (κ1) is 10.4. The Hall–Kier alpha value is -2.81. The first-order chi connectivity index (χ1) is 8.78. The van der Waals surface area contributed by atoms with E-state index in [0.717, 1.165) is 5.56 Å². The molecule has 1 N–H and O–H groups in total. The average Bonchev–Trinajstić information content (AvgIpc) is 2.82. The summed E-state index contributed by atoms with van der Waals surface area (Å²) in [6.45, 7) is 0. The molecule has 0 aliphatic rings. The van der Waals surface area contributed by atoms with E-state index < -0.39 is 0 Å². The SMILES string of the molecule is N#Cc1ncc2c(-c3ccc(F)cc3)n[nH]c2n1. The van der Waals surface area contributed by atoms with E-state index in [2.05, 4.69) is 20.2 Å². The third-order valence-corrected chi connectivity index (χ3v) is 2.54. The zero-order valence-corrected chi connectivity index (χ0v) is 9.05. The molecule has 2 heterocycles. The lowest BCUT2D eigenvalue weighted by atomic mass is 10.1. The first-order valence-corrected chi connectivity index (χ1v) is 5.15. The van der Waals surface area contributed by atoms with E-state index in [-0.39, 0.29) is 11.6 Å². The molecule has 3 aromatic rings. The van der Waals surface area contributed by atoms with E-state index in [1.807, 2.05) is 6.07 Å². The molecule has 0 spiro atoms. The maximum Gasteiger partial charge on any atom is 0.234 e. The quantitative estimate of drug-likeness (QED) is 0.704. The lowest BCUT2D eigenvalue weighted by molar-refractivity contribution is 0.628. The molecule has 0 saturated carbocycles. The van der Waals surface area contributed by atoms with E-state index >= 15 is 0 Å². The number of H-pyrrole nitrogens is 1. The second-order valence-electron chi connectivity index (χ2n) is 3.65. The van der Waals surface area contributed by atoms with Gasteiger partial charge in [-0.25, -0.2) is 9.37 Å². The molecule has 0 amide bonds. The molecule has 0 radical (unpaired) electrons. The summed E-state index contributed by atoms with van der Waals surface area (Å²) < 4.78 is 12.9. The highest BCUT2D eigenvalue weighted by Gasteiger charge is 2.10. The van der Waals surface area contributed by atoms with Crippen molar-refractivity contribution in [2.45, 2.75) is 0 Å². The Bertz CT molecular complexity index is 754. The number of halogens is 1. The second-order valence-corrected chi connectivity index (χ2v) is 3.65. The van der Waals surface area contributed by atoms with E-state index in [9.17, 15) is 4.39 Å². The lowest BCUT2D eigenvalue weighted by Crippen LogP contribution is -1.88. The first-order valence-electron chi connectivity index (χ1n) is 5.15. The molecule has 2 aromatic heterocycles. The predicted octanol–water partition coefficient (Wildman–Crippen LogP) is 2.03. The van der Waals surface area contributed by atoms with Gasteiger partial charge in [0.1, 0.15) is 17.6 Å². The van der Waals surface area contributed by atoms with Crippen molar-refractivity contribution in [3.8, 4) is 17.3 Å². The van der Waals surface area contributed by atoms with E-state index in [0.29, 0.717) is 16.7 Å². The smallest absolute Gasteiger partial charge is 0.234 e. The van der Waals surface area contributed by atoms with Crippen LogP contribution in [0.5, 0.6) is 0 Å². The molecule has 0 saturated heterocycles. The minimum atomic E-state index is -0.304. The molecule has 1 aromatic carbocycles. The molecule has 0 unspecified atom stereocenters. The van der Waals surface area contributed by atoms with Gasteiger partial charge in [0.25, 0.3) is 0 Å². The molecule has 0 fully saturated rings. The van der Waals surface area contributed by atoms with Crippen molar-refractivity contribution in [1.29, 1.82) is 5.26 Å². The molecule has 86 valence electrons. The molecule has 0 atom stereocenters. The molecule has 0 aliphatic heterocycles. The summed E-state index contributed by atoms with van der Waals surface area (Å²) in [7, 11) is 0. The molecule has 6 heteroatoms. The fourth-order valence-corrected chi connectivity index (χ4v) is 1.69. The van der Waals surface area contributed by atoms with Crippen LogP contribution in [0, 0.1) is 17.1 Å². The number of nitrogens with one attached hydrogen (secondary N) is 1. The van der Waals surface area contributed by atoms with Crippen molar-refractivity contribution < 1.29 is 4.39 Å². The van der Waals surface area contributed by atoms with Crippen LogP contribution in [-0.2, 0) is 0 Å². The van der Waals surface area contributed by atoms with Crippen LogP contribution in [0.4, 0.5) is 4.39 Å². The van der Waals surface area contributed by atoms with Gasteiger partial charge >= 0.3 is 0 Å². The largest absolute Gasteiger partial charge is 0.260 e. The molecule has 5 nitrogen and oxygen atoms in total. The third-order valence-electron chi connectivity index (χ3n) is 2.54. The fraction of sp³-hybridized carbons (Fsp3) is 0. The molecule has 0 bridgehead atoms. The van der Waals surface area contributed by atoms with Crippen molar-refractivity contribution in [2.75, 3.05) is 0 Å². The maximum absolute atomic E-state index is 12.9. The van der Waals surface area contributed by atoms with Crippen molar-refractivity contribution >= 4 is 11.0 Å². The van der Waals surface area contributed by atoms with Gasteiger partial charge < -0.3 is 0 Å². The highest BCUT2D eigenvalue weighted by molar-refractivity contribution is 5.90. The molecular weight excluding hydrogens is 233 g/mol. The summed E-state index contributed by atoms with van der Waals surface area (Å²) in [5.41, 5.74) is 1.88. The van der Waals surface area contributed by atoms with Crippen molar-refractivity contribution in [3.05, 3.63) is 42.1 Å². The van der Waals surface area contributed by atoms with Crippen LogP contribution in [0.25, 0.3) is 22.3 Å². The number of nitrogens with zero attached hydrogens (tertiary/aromatic N) is 4. The Morgan fingerprint density at radius 1 is 1.22 bits per heavy atom. The minimum absolute atomic E-state index is 0.0804. The Kier molecular flexibility index (Phi) is 2.24. The fourth-order valence-electron chi connectivity index (χ4n) is 1.69. The van der Waals surface area contributed by atoms with Crippen LogP contribution >= 0.6 is 0 Å². The van der Waals surface area contributed by atoms with E-state index in [4.69, 9.17) is 5.26 Å². The number of rotatable bonds is 1. The topological polar surface area (TPSA) is 78.2 Å². The summed E-state index contributed by atoms with van der Waals surface area (Å²) >= 11 is 0. The summed E-state index contributed by atoms with van der Waals surface area (Å²) in [5, 5.41) is 16.2. The standard InChI is InChI=1S/C12H6FN5/c13-8-3-1-7(2-4-8)11-9-6-15-10(5-14)16-12(9)18-17-11/h1-4,6H,(H,15,16,17,18). The van der Waals surface area contributed by atoms with Gasteiger partial charge in [0.2, 0.25) is 5.82 Å². The minimum Gasteiger partial charge on any atom is -0.260 e. The average molecular weight is 239 g/mol. The van der Waals surface area contributed by atoms with Crippen molar-refractivity contribution in [3.63, 3.8) is 0 Å². The van der Waals surface area contributed by atoms with Crippen LogP contribution in [0.1, 0.15) is 5.82 Å². The van der Waals surface area contributed by atoms with Gasteiger partial charge in [-0.2, -0.15) is 15.3 Å². The third kappa shape index (κ3) is 1.58. The van der Waals surface area contributed by atoms with Gasteiger partial charge in [0.15, 0.2) is 5.65 Å². The van der Waals surface area contributed by atoms with Crippen LogP contribution < -0.4 is 0 Å². The highest BCUT2D eigenvalue weighted by Crippen LogP contribution is 2.24. The van der Waals surface area contributed by atoms with Gasteiger partial charge in [0.05, 0.1) is 5.39 Å². The summed E-state index contributed by atoms with van der Waals surface area (Å²) in [6, 6.07) is 7.84. The number of aromatic amines is 1. The van der Waals surface area contributed by atoms with Crippen LogP contribution in [0.15, 0.2) is 30.5 Å². The van der Waals surface area contributed by atoms with Crippen molar-refractivity contribution in [2.24, 2.45) is 0 Å². The maximum atomic E-state index is 12.9. The van der Waals surface area contributed by atoms with Crippen LogP contribution in [-0.4, -0.2) is 20.2 Å². The van der Waals surface area contributed by atoms with Crippen LogP contribution in [0.2, 0.25) is 0 Å². The number of benzene rings is 1. The summed E-state index contributed by atoms with van der Waals surface area (Å²) in [6.07, 6.45) is 1.53. The van der Waals surface area contributed by atoms with E-state index in [1.54, 1.807) is 12.1 Å². The zero-order chi connectivity index (χ0) is 12.5. The Morgan fingerprint density at radius 2 is 2.00 bits per heavy atom. The van der Waals surface area contributed by atoms with Crippen molar-refractivity contribution in [1.82, 2.24) is 20.2 Å². The van der Waals surface area contributed by atoms with Gasteiger partial charge in [-0.05, 0) is 24.3 Å². The van der Waals surface area contributed by atoms with Crippen LogP contribution in [0.3, 0.4) is 0 Å². The Balaban J connectivity index is 2.19. The monoisotopic (exact) mass is 239 g/mol. The summed E-state index contributed by atoms with van der Waals surface area (Å²) in [5.74, 6) is -0.224. The number of nitriles is 1.